The fourth-order valence-electron chi connectivity index (χ4n) is 4.33. The molecule has 0 unspecified atom stereocenters. The van der Waals surface area contributed by atoms with Crippen molar-refractivity contribution in [2.75, 3.05) is 0 Å². The summed E-state index contributed by atoms with van der Waals surface area (Å²) in [4.78, 5) is 16.6. The Labute approximate surface area is 214 Å². The molecule has 0 bridgehead atoms. The zero-order valence-electron chi connectivity index (χ0n) is 20.7. The van der Waals surface area contributed by atoms with Crippen molar-refractivity contribution in [1.82, 2.24) is 34.3 Å². The first kappa shape index (κ1) is 23.9. The number of carbonyl (C=O) groups is 1. The molecule has 0 aliphatic rings. The Kier molecular flexibility index (Phi) is 6.76. The molecular formula is C28H27N7O2. The Bertz CT molecular complexity index is 1530. The van der Waals surface area contributed by atoms with Crippen LogP contribution < -0.4 is 0 Å². The van der Waals surface area contributed by atoms with Gasteiger partial charge in [0, 0.05) is 36.5 Å². The van der Waals surface area contributed by atoms with Gasteiger partial charge in [0.25, 0.3) is 0 Å². The van der Waals surface area contributed by atoms with Crippen LogP contribution in [0.2, 0.25) is 0 Å². The van der Waals surface area contributed by atoms with Crippen LogP contribution in [0.5, 0.6) is 0 Å². The van der Waals surface area contributed by atoms with Crippen LogP contribution in [0.15, 0.2) is 85.0 Å². The SMILES string of the molecule is CCCc1nc(-n2cccc2)c(C=C(C)C(=O)O)n1Cc1ccc(-c2ccccc2-n2cnnn2)cc1. The first-order chi connectivity index (χ1) is 18.0. The van der Waals surface area contributed by atoms with Crippen LogP contribution >= 0.6 is 0 Å². The lowest BCUT2D eigenvalue weighted by Gasteiger charge is -2.13. The minimum atomic E-state index is -0.950. The second-order valence-electron chi connectivity index (χ2n) is 8.76. The van der Waals surface area contributed by atoms with E-state index in [1.807, 2.05) is 53.4 Å². The normalized spacial score (nSPS) is 11.7. The lowest BCUT2D eigenvalue weighted by Crippen LogP contribution is -2.08. The third-order valence-corrected chi connectivity index (χ3v) is 6.19. The lowest BCUT2D eigenvalue weighted by atomic mass is 10.0. The van der Waals surface area contributed by atoms with E-state index < -0.39 is 5.97 Å². The maximum absolute atomic E-state index is 11.7. The zero-order chi connectivity index (χ0) is 25.8. The smallest absolute Gasteiger partial charge is 0.331 e. The van der Waals surface area contributed by atoms with E-state index in [4.69, 9.17) is 4.98 Å². The number of tetrazole rings is 1. The van der Waals surface area contributed by atoms with E-state index in [9.17, 15) is 9.90 Å². The number of imidazole rings is 1. The van der Waals surface area contributed by atoms with E-state index >= 15 is 0 Å². The largest absolute Gasteiger partial charge is 0.478 e. The van der Waals surface area contributed by atoms with Crippen molar-refractivity contribution in [2.24, 2.45) is 0 Å². The Hall–Kier alpha value is -4.79. The molecule has 0 aliphatic heterocycles. The molecular weight excluding hydrogens is 466 g/mol. The van der Waals surface area contributed by atoms with Gasteiger partial charge in [-0.05, 0) is 59.2 Å². The molecule has 5 rings (SSSR count). The van der Waals surface area contributed by atoms with Crippen LogP contribution in [0, 0.1) is 0 Å². The van der Waals surface area contributed by atoms with Gasteiger partial charge in [-0.2, -0.15) is 4.68 Å². The predicted molar refractivity (Wildman–Crippen MR) is 141 cm³/mol. The average Bonchev–Trinajstić information content (AvgIpc) is 3.68. The molecule has 0 aliphatic carbocycles. The number of aliphatic carboxylic acids is 1. The molecule has 37 heavy (non-hydrogen) atoms. The van der Waals surface area contributed by atoms with Crippen LogP contribution in [0.25, 0.3) is 28.7 Å². The molecule has 1 N–H and O–H groups in total. The molecule has 9 heteroatoms. The van der Waals surface area contributed by atoms with Gasteiger partial charge in [0.1, 0.15) is 12.2 Å². The van der Waals surface area contributed by atoms with Crippen molar-refractivity contribution >= 4 is 12.0 Å². The van der Waals surface area contributed by atoms with Crippen LogP contribution in [0.1, 0.15) is 37.4 Å². The van der Waals surface area contributed by atoms with Crippen molar-refractivity contribution in [3.05, 3.63) is 102 Å². The predicted octanol–water partition coefficient (Wildman–Crippen LogP) is 4.81. The topological polar surface area (TPSA) is 104 Å². The van der Waals surface area contributed by atoms with Gasteiger partial charge in [0.05, 0.1) is 11.4 Å². The third-order valence-electron chi connectivity index (χ3n) is 6.19. The molecule has 0 fully saturated rings. The second-order valence-corrected chi connectivity index (χ2v) is 8.76. The van der Waals surface area contributed by atoms with E-state index in [0.29, 0.717) is 6.54 Å². The summed E-state index contributed by atoms with van der Waals surface area (Å²) in [6, 6.07) is 20.2. The highest BCUT2D eigenvalue weighted by Crippen LogP contribution is 2.28. The van der Waals surface area contributed by atoms with E-state index in [1.165, 1.54) is 0 Å². The maximum atomic E-state index is 11.7. The van der Waals surface area contributed by atoms with Gasteiger partial charge in [0.2, 0.25) is 0 Å². The van der Waals surface area contributed by atoms with Gasteiger partial charge in [-0.3, -0.25) is 0 Å². The summed E-state index contributed by atoms with van der Waals surface area (Å²) in [5.74, 6) is 0.693. The summed E-state index contributed by atoms with van der Waals surface area (Å²) in [5.41, 5.74) is 5.07. The van der Waals surface area contributed by atoms with Crippen LogP contribution in [-0.4, -0.2) is 45.4 Å². The van der Waals surface area contributed by atoms with Crippen molar-refractivity contribution in [2.45, 2.75) is 33.2 Å². The Morgan fingerprint density at radius 2 is 1.78 bits per heavy atom. The molecule has 3 heterocycles. The maximum Gasteiger partial charge on any atom is 0.331 e. The first-order valence-corrected chi connectivity index (χ1v) is 12.1. The van der Waals surface area contributed by atoms with E-state index in [-0.39, 0.29) is 5.57 Å². The Morgan fingerprint density at radius 3 is 2.46 bits per heavy atom. The number of nitrogens with zero attached hydrogens (tertiary/aromatic N) is 7. The highest BCUT2D eigenvalue weighted by atomic mass is 16.4. The van der Waals surface area contributed by atoms with Gasteiger partial charge < -0.3 is 14.2 Å². The van der Waals surface area contributed by atoms with Crippen molar-refractivity contribution in [3.63, 3.8) is 0 Å². The minimum absolute atomic E-state index is 0.257. The Balaban J connectivity index is 1.54. The molecule has 9 nitrogen and oxygen atoms in total. The van der Waals surface area contributed by atoms with E-state index in [1.54, 1.807) is 24.0 Å². The number of para-hydroxylation sites is 1. The van der Waals surface area contributed by atoms with Crippen LogP contribution in [0.4, 0.5) is 0 Å². The number of carboxylic acids is 1. The van der Waals surface area contributed by atoms with Crippen molar-refractivity contribution < 1.29 is 9.90 Å². The average molecular weight is 494 g/mol. The minimum Gasteiger partial charge on any atom is -0.478 e. The highest BCUT2D eigenvalue weighted by Gasteiger charge is 2.18. The molecule has 3 aromatic heterocycles. The van der Waals surface area contributed by atoms with Gasteiger partial charge >= 0.3 is 5.97 Å². The van der Waals surface area contributed by atoms with Gasteiger partial charge in [-0.1, -0.05) is 49.4 Å². The molecule has 2 aromatic carbocycles. The molecule has 0 saturated heterocycles. The summed E-state index contributed by atoms with van der Waals surface area (Å²) < 4.78 is 5.70. The third kappa shape index (κ3) is 4.97. The summed E-state index contributed by atoms with van der Waals surface area (Å²) >= 11 is 0. The number of hydrogen-bond donors (Lipinski definition) is 1. The van der Waals surface area contributed by atoms with Crippen LogP contribution in [-0.2, 0) is 17.8 Å². The monoisotopic (exact) mass is 493 g/mol. The number of benzene rings is 2. The lowest BCUT2D eigenvalue weighted by molar-refractivity contribution is -0.132. The molecule has 5 aromatic rings. The second kappa shape index (κ2) is 10.4. The summed E-state index contributed by atoms with van der Waals surface area (Å²) in [5, 5.41) is 21.1. The quantitative estimate of drug-likeness (QED) is 0.296. The van der Waals surface area contributed by atoms with Gasteiger partial charge in [0.15, 0.2) is 5.82 Å². The molecule has 0 radical (unpaired) electrons. The van der Waals surface area contributed by atoms with Crippen molar-refractivity contribution in [3.8, 4) is 22.6 Å². The number of rotatable bonds is 9. The molecule has 0 saturated carbocycles. The number of aryl methyl sites for hydroxylation is 1. The number of aromatic nitrogens is 7. The zero-order valence-corrected chi connectivity index (χ0v) is 20.7. The highest BCUT2D eigenvalue weighted by molar-refractivity contribution is 5.91. The molecule has 186 valence electrons. The van der Waals surface area contributed by atoms with Gasteiger partial charge in [-0.25, -0.2) is 9.78 Å². The van der Waals surface area contributed by atoms with Crippen LogP contribution in [0.3, 0.4) is 0 Å². The molecule has 0 amide bonds. The van der Waals surface area contributed by atoms with E-state index in [0.717, 1.165) is 52.6 Å². The summed E-state index contributed by atoms with van der Waals surface area (Å²) in [6.07, 6.45) is 8.85. The van der Waals surface area contributed by atoms with Gasteiger partial charge in [-0.15, -0.1) is 5.10 Å². The molecule has 0 spiro atoms. The fourth-order valence-corrected chi connectivity index (χ4v) is 4.33. The number of hydrogen-bond acceptors (Lipinski definition) is 5. The van der Waals surface area contributed by atoms with Crippen molar-refractivity contribution in [1.29, 1.82) is 0 Å². The number of carboxylic acid groups (broad SMARTS) is 1. The standard InChI is InChI=1S/C28H27N7O2/c1-3-8-26-30-27(33-15-6-7-16-33)25(17-20(2)28(36)37)34(26)18-21-11-13-22(14-12-21)23-9-4-5-10-24(23)35-19-29-31-32-35/h4-7,9-17,19H,3,8,18H2,1-2H3,(H,36,37). The summed E-state index contributed by atoms with van der Waals surface area (Å²) in [7, 11) is 0. The molecule has 0 atom stereocenters. The first-order valence-electron chi connectivity index (χ1n) is 12.1. The fraction of sp³-hybridized carbons (Fsp3) is 0.179. The van der Waals surface area contributed by atoms with E-state index in [2.05, 4.69) is 51.3 Å². The Morgan fingerprint density at radius 1 is 1.03 bits per heavy atom. The summed E-state index contributed by atoms with van der Waals surface area (Å²) in [6.45, 7) is 4.29.